The number of benzene rings is 2. The van der Waals surface area contributed by atoms with Crippen molar-refractivity contribution >= 4 is 5.96 Å². The third-order valence-electron chi connectivity index (χ3n) is 5.63. The van der Waals surface area contributed by atoms with Crippen LogP contribution >= 0.6 is 0 Å². The minimum Gasteiger partial charge on any atom is -0.379 e. The lowest BCUT2D eigenvalue weighted by molar-refractivity contribution is 0.0341. The summed E-state index contributed by atoms with van der Waals surface area (Å²) in [5.41, 5.74) is 4.11. The van der Waals surface area contributed by atoms with E-state index in [1.165, 1.54) is 23.1 Å². The van der Waals surface area contributed by atoms with Gasteiger partial charge in [-0.2, -0.15) is 0 Å². The molecule has 1 aliphatic carbocycles. The van der Waals surface area contributed by atoms with Crippen LogP contribution in [-0.4, -0.2) is 50.3 Å². The number of hydrogen-bond donors (Lipinski definition) is 2. The van der Waals surface area contributed by atoms with Crippen molar-refractivity contribution in [3.63, 3.8) is 0 Å². The molecule has 1 heterocycles. The fourth-order valence-electron chi connectivity index (χ4n) is 3.86. The first-order chi connectivity index (χ1) is 13.8. The Balaban J connectivity index is 1.31. The van der Waals surface area contributed by atoms with E-state index in [9.17, 15) is 0 Å². The summed E-state index contributed by atoms with van der Waals surface area (Å²) in [6, 6.07) is 19.9. The smallest absolute Gasteiger partial charge is 0.191 e. The normalized spacial score (nSPS) is 22.7. The van der Waals surface area contributed by atoms with E-state index < -0.39 is 0 Å². The van der Waals surface area contributed by atoms with E-state index in [0.29, 0.717) is 12.0 Å². The van der Waals surface area contributed by atoms with Gasteiger partial charge >= 0.3 is 0 Å². The molecule has 4 rings (SSSR count). The van der Waals surface area contributed by atoms with Crippen molar-refractivity contribution in [2.24, 2.45) is 4.99 Å². The molecule has 0 aromatic heterocycles. The lowest BCUT2D eigenvalue weighted by atomic mass is 10.1. The van der Waals surface area contributed by atoms with Crippen LogP contribution in [0.15, 0.2) is 59.6 Å². The molecule has 1 saturated heterocycles. The summed E-state index contributed by atoms with van der Waals surface area (Å²) in [4.78, 5) is 6.89. The number of nitrogens with zero attached hydrogens (tertiary/aromatic N) is 2. The minimum absolute atomic E-state index is 0.470. The Hall–Kier alpha value is -2.37. The van der Waals surface area contributed by atoms with E-state index in [4.69, 9.17) is 4.74 Å². The molecule has 28 heavy (non-hydrogen) atoms. The largest absolute Gasteiger partial charge is 0.379 e. The second-order valence-electron chi connectivity index (χ2n) is 7.59. The second kappa shape index (κ2) is 9.22. The standard InChI is InChI=1S/C23H30N4O/c1-24-23(26-22-15-21(22)18-7-3-2-4-8-18)25-16-19-9-5-6-10-20(19)17-27-11-13-28-14-12-27/h2-10,21-22H,11-17H2,1H3,(H2,24,25,26). The molecule has 2 fully saturated rings. The maximum Gasteiger partial charge on any atom is 0.191 e. The first-order valence-electron chi connectivity index (χ1n) is 10.2. The SMILES string of the molecule is CN=C(NCc1ccccc1CN1CCOCC1)NC1CC1c1ccccc1. The number of rotatable bonds is 6. The monoisotopic (exact) mass is 378 g/mol. The maximum absolute atomic E-state index is 5.47. The molecule has 2 aromatic rings. The summed E-state index contributed by atoms with van der Waals surface area (Å²) in [5.74, 6) is 1.47. The van der Waals surface area contributed by atoms with Crippen molar-refractivity contribution in [3.8, 4) is 0 Å². The molecule has 2 aromatic carbocycles. The lowest BCUT2D eigenvalue weighted by Crippen LogP contribution is -2.39. The third-order valence-corrected chi connectivity index (χ3v) is 5.63. The van der Waals surface area contributed by atoms with Gasteiger partial charge in [0.25, 0.3) is 0 Å². The highest BCUT2D eigenvalue weighted by molar-refractivity contribution is 5.80. The van der Waals surface area contributed by atoms with Crippen LogP contribution in [0.5, 0.6) is 0 Å². The highest BCUT2D eigenvalue weighted by atomic mass is 16.5. The zero-order valence-corrected chi connectivity index (χ0v) is 16.6. The van der Waals surface area contributed by atoms with Crippen LogP contribution in [-0.2, 0) is 17.8 Å². The Kier molecular flexibility index (Phi) is 6.24. The zero-order chi connectivity index (χ0) is 19.2. The molecular formula is C23H30N4O. The van der Waals surface area contributed by atoms with Crippen molar-refractivity contribution < 1.29 is 4.74 Å². The summed E-state index contributed by atoms with van der Waals surface area (Å²) >= 11 is 0. The quantitative estimate of drug-likeness (QED) is 0.599. The van der Waals surface area contributed by atoms with Gasteiger partial charge in [-0.3, -0.25) is 9.89 Å². The number of hydrogen-bond acceptors (Lipinski definition) is 3. The summed E-state index contributed by atoms with van der Waals surface area (Å²) in [7, 11) is 1.84. The molecule has 1 saturated carbocycles. The Morgan fingerprint density at radius 3 is 2.50 bits per heavy atom. The fraction of sp³-hybridized carbons (Fsp3) is 0.435. The molecule has 5 heteroatoms. The Morgan fingerprint density at radius 2 is 1.75 bits per heavy atom. The topological polar surface area (TPSA) is 48.9 Å². The van der Waals surface area contributed by atoms with Gasteiger partial charge in [-0.25, -0.2) is 0 Å². The van der Waals surface area contributed by atoms with Gasteiger partial charge in [0.15, 0.2) is 5.96 Å². The van der Waals surface area contributed by atoms with Crippen LogP contribution in [0.25, 0.3) is 0 Å². The molecule has 0 radical (unpaired) electrons. The molecule has 5 nitrogen and oxygen atoms in total. The van der Waals surface area contributed by atoms with E-state index >= 15 is 0 Å². The van der Waals surface area contributed by atoms with E-state index in [0.717, 1.165) is 45.4 Å². The van der Waals surface area contributed by atoms with Crippen molar-refractivity contribution in [2.75, 3.05) is 33.4 Å². The van der Waals surface area contributed by atoms with Gasteiger partial charge in [-0.15, -0.1) is 0 Å². The van der Waals surface area contributed by atoms with Crippen LogP contribution in [0.2, 0.25) is 0 Å². The van der Waals surface area contributed by atoms with Crippen molar-refractivity contribution in [2.45, 2.75) is 31.5 Å². The van der Waals surface area contributed by atoms with Gasteiger partial charge in [0.05, 0.1) is 13.2 Å². The maximum atomic E-state index is 5.47. The molecule has 0 spiro atoms. The fourth-order valence-corrected chi connectivity index (χ4v) is 3.86. The van der Waals surface area contributed by atoms with Gasteiger partial charge in [-0.1, -0.05) is 54.6 Å². The molecule has 148 valence electrons. The van der Waals surface area contributed by atoms with Crippen molar-refractivity contribution in [3.05, 3.63) is 71.3 Å². The Bertz CT molecular complexity index is 786. The second-order valence-corrected chi connectivity index (χ2v) is 7.59. The lowest BCUT2D eigenvalue weighted by Gasteiger charge is -2.27. The van der Waals surface area contributed by atoms with Crippen molar-refractivity contribution in [1.29, 1.82) is 0 Å². The summed E-state index contributed by atoms with van der Waals surface area (Å²) in [6.07, 6.45) is 1.17. The first-order valence-corrected chi connectivity index (χ1v) is 10.2. The van der Waals surface area contributed by atoms with Gasteiger partial charge in [0, 0.05) is 45.2 Å². The Morgan fingerprint density at radius 1 is 1.04 bits per heavy atom. The van der Waals surface area contributed by atoms with Crippen LogP contribution in [0.3, 0.4) is 0 Å². The predicted octanol–water partition coefficient (Wildman–Crippen LogP) is 2.74. The molecule has 2 atom stereocenters. The molecule has 0 amide bonds. The summed E-state index contributed by atoms with van der Waals surface area (Å²) < 4.78 is 5.47. The van der Waals surface area contributed by atoms with Gasteiger partial charge < -0.3 is 15.4 Å². The van der Waals surface area contributed by atoms with E-state index in [2.05, 4.69) is 75.1 Å². The highest BCUT2D eigenvalue weighted by Gasteiger charge is 2.38. The average Bonchev–Trinajstić information content (AvgIpc) is 3.53. The van der Waals surface area contributed by atoms with Crippen LogP contribution in [0.1, 0.15) is 29.0 Å². The molecule has 2 N–H and O–H groups in total. The van der Waals surface area contributed by atoms with Gasteiger partial charge in [-0.05, 0) is 23.1 Å². The minimum atomic E-state index is 0.470. The third kappa shape index (κ3) is 4.91. The van der Waals surface area contributed by atoms with Crippen LogP contribution < -0.4 is 10.6 Å². The zero-order valence-electron chi connectivity index (χ0n) is 16.6. The molecular weight excluding hydrogens is 348 g/mol. The van der Waals surface area contributed by atoms with Gasteiger partial charge in [0.2, 0.25) is 0 Å². The molecule has 0 bridgehead atoms. The Labute approximate surface area is 167 Å². The number of guanidine groups is 1. The van der Waals surface area contributed by atoms with E-state index in [1.54, 1.807) is 0 Å². The first kappa shape index (κ1) is 19.0. The number of aliphatic imine (C=N–C) groups is 1. The highest BCUT2D eigenvalue weighted by Crippen LogP contribution is 2.40. The van der Waals surface area contributed by atoms with Crippen LogP contribution in [0.4, 0.5) is 0 Å². The summed E-state index contributed by atoms with van der Waals surface area (Å²) in [6.45, 7) is 5.44. The van der Waals surface area contributed by atoms with Crippen LogP contribution in [0, 0.1) is 0 Å². The molecule has 1 aliphatic heterocycles. The number of ether oxygens (including phenoxy) is 1. The number of morpholine rings is 1. The van der Waals surface area contributed by atoms with Crippen molar-refractivity contribution in [1.82, 2.24) is 15.5 Å². The van der Waals surface area contributed by atoms with E-state index in [1.807, 2.05) is 7.05 Å². The summed E-state index contributed by atoms with van der Waals surface area (Å²) in [5, 5.41) is 7.07. The predicted molar refractivity (Wildman–Crippen MR) is 113 cm³/mol. The molecule has 2 unspecified atom stereocenters. The molecule has 2 aliphatic rings. The van der Waals surface area contributed by atoms with E-state index in [-0.39, 0.29) is 0 Å². The average molecular weight is 379 g/mol. The van der Waals surface area contributed by atoms with Gasteiger partial charge in [0.1, 0.15) is 0 Å². The number of nitrogens with one attached hydrogen (secondary N) is 2.